The molecule has 0 bridgehead atoms. The Kier molecular flexibility index (Phi) is 5.61. The topological polar surface area (TPSA) is 3.24 Å². The van der Waals surface area contributed by atoms with Gasteiger partial charge in [0.1, 0.15) is 0 Å². The maximum atomic E-state index is 13.0. The summed E-state index contributed by atoms with van der Waals surface area (Å²) in [5.74, 6) is 0. The molecule has 0 fully saturated rings. The minimum atomic E-state index is -4.33. The number of rotatable bonds is 5. The van der Waals surface area contributed by atoms with Crippen LogP contribution in [0.4, 0.5) is 13.2 Å². The highest BCUT2D eigenvalue weighted by atomic mass is 19.4. The van der Waals surface area contributed by atoms with Crippen molar-refractivity contribution in [3.05, 3.63) is 77.4 Å². The smallest absolute Gasteiger partial charge is 0.309 e. The largest absolute Gasteiger partial charge is 0.416 e. The molecule has 2 aromatic carbocycles. The molecule has 1 nitrogen and oxygen atoms in total. The summed E-state index contributed by atoms with van der Waals surface area (Å²) in [6, 6.07) is 15.0. The Balaban J connectivity index is 2.42. The molecule has 23 heavy (non-hydrogen) atoms. The van der Waals surface area contributed by atoms with Crippen molar-refractivity contribution in [1.82, 2.24) is 4.90 Å². The van der Waals surface area contributed by atoms with Gasteiger partial charge in [-0.25, -0.2) is 0 Å². The van der Waals surface area contributed by atoms with Gasteiger partial charge >= 0.3 is 6.18 Å². The lowest BCUT2D eigenvalue weighted by Crippen LogP contribution is -2.12. The second kappa shape index (κ2) is 7.47. The van der Waals surface area contributed by atoms with Crippen molar-refractivity contribution in [3.63, 3.8) is 0 Å². The quantitative estimate of drug-likeness (QED) is 0.742. The average molecular weight is 319 g/mol. The van der Waals surface area contributed by atoms with E-state index in [4.69, 9.17) is 0 Å². The minimum Gasteiger partial charge on any atom is -0.309 e. The first-order valence-electron chi connectivity index (χ1n) is 7.46. The Morgan fingerprint density at radius 1 is 0.957 bits per heavy atom. The Morgan fingerprint density at radius 3 is 2.22 bits per heavy atom. The SMILES string of the molecule is CN(C)CC/C=C(\c1ccccc1)c1cccc(C(F)(F)F)c1. The van der Waals surface area contributed by atoms with Crippen LogP contribution in [0.15, 0.2) is 60.7 Å². The maximum absolute atomic E-state index is 13.0. The number of alkyl halides is 3. The van der Waals surface area contributed by atoms with E-state index in [1.54, 1.807) is 6.07 Å². The lowest BCUT2D eigenvalue weighted by molar-refractivity contribution is -0.137. The van der Waals surface area contributed by atoms with E-state index in [-0.39, 0.29) is 0 Å². The van der Waals surface area contributed by atoms with Crippen LogP contribution in [0.3, 0.4) is 0 Å². The summed E-state index contributed by atoms with van der Waals surface area (Å²) in [4.78, 5) is 2.05. The number of nitrogens with zero attached hydrogens (tertiary/aromatic N) is 1. The van der Waals surface area contributed by atoms with Crippen molar-refractivity contribution in [2.45, 2.75) is 12.6 Å². The molecule has 0 saturated carbocycles. The van der Waals surface area contributed by atoms with Gasteiger partial charge < -0.3 is 4.90 Å². The molecule has 4 heteroatoms. The second-order valence-electron chi connectivity index (χ2n) is 5.65. The third-order valence-electron chi connectivity index (χ3n) is 3.51. The zero-order chi connectivity index (χ0) is 16.9. The molecule has 2 aromatic rings. The molecule has 0 radical (unpaired) electrons. The summed E-state index contributed by atoms with van der Waals surface area (Å²) < 4.78 is 38.9. The van der Waals surface area contributed by atoms with Gasteiger partial charge in [0.15, 0.2) is 0 Å². The van der Waals surface area contributed by atoms with Crippen LogP contribution in [0.1, 0.15) is 23.1 Å². The molecular formula is C19H20F3N. The molecule has 0 aliphatic rings. The van der Waals surface area contributed by atoms with E-state index in [9.17, 15) is 13.2 Å². The highest BCUT2D eigenvalue weighted by Crippen LogP contribution is 2.32. The van der Waals surface area contributed by atoms with Crippen LogP contribution in [-0.4, -0.2) is 25.5 Å². The van der Waals surface area contributed by atoms with E-state index in [1.807, 2.05) is 55.4 Å². The van der Waals surface area contributed by atoms with Crippen LogP contribution in [0, 0.1) is 0 Å². The van der Waals surface area contributed by atoms with Gasteiger partial charge in [0.05, 0.1) is 5.56 Å². The summed E-state index contributed by atoms with van der Waals surface area (Å²) in [6.45, 7) is 0.843. The summed E-state index contributed by atoms with van der Waals surface area (Å²) in [6.07, 6.45) is -1.56. The molecule has 0 unspecified atom stereocenters. The van der Waals surface area contributed by atoms with Crippen LogP contribution in [0.25, 0.3) is 5.57 Å². The predicted molar refractivity (Wildman–Crippen MR) is 88.1 cm³/mol. The molecule has 0 aromatic heterocycles. The van der Waals surface area contributed by atoms with Crippen LogP contribution in [0.2, 0.25) is 0 Å². The summed E-state index contributed by atoms with van der Waals surface area (Å²) in [5, 5.41) is 0. The van der Waals surface area contributed by atoms with Gasteiger partial charge in [0.25, 0.3) is 0 Å². The maximum Gasteiger partial charge on any atom is 0.416 e. The normalized spacial score (nSPS) is 12.7. The van der Waals surface area contributed by atoms with Gasteiger partial charge in [-0.3, -0.25) is 0 Å². The van der Waals surface area contributed by atoms with Crippen LogP contribution in [-0.2, 0) is 6.18 Å². The van der Waals surface area contributed by atoms with E-state index >= 15 is 0 Å². The fraction of sp³-hybridized carbons (Fsp3) is 0.263. The van der Waals surface area contributed by atoms with Crippen molar-refractivity contribution < 1.29 is 13.2 Å². The van der Waals surface area contributed by atoms with Gasteiger partial charge in [-0.2, -0.15) is 13.2 Å². The third kappa shape index (κ3) is 4.96. The molecule has 0 aliphatic carbocycles. The molecule has 0 spiro atoms. The van der Waals surface area contributed by atoms with E-state index in [0.29, 0.717) is 5.56 Å². The van der Waals surface area contributed by atoms with Gasteiger partial charge in [0, 0.05) is 6.54 Å². The standard InChI is InChI=1S/C19H20F3N/c1-23(2)13-7-12-18(15-8-4-3-5-9-15)16-10-6-11-17(14-16)19(20,21)22/h3-6,8-12,14H,7,13H2,1-2H3/b18-12+. The van der Waals surface area contributed by atoms with Crippen LogP contribution in [0.5, 0.6) is 0 Å². The lowest BCUT2D eigenvalue weighted by Gasteiger charge is -2.13. The fourth-order valence-corrected chi connectivity index (χ4v) is 2.35. The second-order valence-corrected chi connectivity index (χ2v) is 5.65. The molecule has 122 valence electrons. The highest BCUT2D eigenvalue weighted by Gasteiger charge is 2.30. The predicted octanol–water partition coefficient (Wildman–Crippen LogP) is 5.09. The molecule has 0 heterocycles. The summed E-state index contributed by atoms with van der Waals surface area (Å²) >= 11 is 0. The van der Waals surface area contributed by atoms with Gasteiger partial charge in [-0.15, -0.1) is 0 Å². The highest BCUT2D eigenvalue weighted by molar-refractivity contribution is 5.80. The van der Waals surface area contributed by atoms with Gasteiger partial charge in [0.2, 0.25) is 0 Å². The first kappa shape index (κ1) is 17.3. The molecule has 0 atom stereocenters. The third-order valence-corrected chi connectivity index (χ3v) is 3.51. The number of halogens is 3. The number of hydrogen-bond donors (Lipinski definition) is 0. The van der Waals surface area contributed by atoms with Gasteiger partial charge in [-0.05, 0) is 49.3 Å². The Bertz CT molecular complexity index is 658. The monoisotopic (exact) mass is 319 g/mol. The zero-order valence-electron chi connectivity index (χ0n) is 13.3. The van der Waals surface area contributed by atoms with E-state index in [0.717, 1.165) is 30.2 Å². The molecular weight excluding hydrogens is 299 g/mol. The first-order chi connectivity index (χ1) is 10.9. The molecule has 0 saturated heterocycles. The molecule has 2 rings (SSSR count). The number of hydrogen-bond acceptors (Lipinski definition) is 1. The number of benzene rings is 2. The molecule has 0 amide bonds. The minimum absolute atomic E-state index is 0.588. The zero-order valence-corrected chi connectivity index (χ0v) is 13.3. The fourth-order valence-electron chi connectivity index (χ4n) is 2.35. The van der Waals surface area contributed by atoms with E-state index in [2.05, 4.69) is 0 Å². The lowest BCUT2D eigenvalue weighted by atomic mass is 9.95. The summed E-state index contributed by atoms with van der Waals surface area (Å²) in [5.41, 5.74) is 1.72. The Labute approximate surface area is 135 Å². The molecule has 0 aliphatic heterocycles. The average Bonchev–Trinajstić information content (AvgIpc) is 2.51. The van der Waals surface area contributed by atoms with Crippen molar-refractivity contribution in [1.29, 1.82) is 0 Å². The van der Waals surface area contributed by atoms with E-state index < -0.39 is 11.7 Å². The van der Waals surface area contributed by atoms with Crippen molar-refractivity contribution in [3.8, 4) is 0 Å². The first-order valence-corrected chi connectivity index (χ1v) is 7.46. The summed E-state index contributed by atoms with van der Waals surface area (Å²) in [7, 11) is 3.95. The molecule has 0 N–H and O–H groups in total. The van der Waals surface area contributed by atoms with E-state index in [1.165, 1.54) is 12.1 Å². The van der Waals surface area contributed by atoms with Crippen molar-refractivity contribution >= 4 is 5.57 Å². The van der Waals surface area contributed by atoms with Crippen molar-refractivity contribution in [2.24, 2.45) is 0 Å². The van der Waals surface area contributed by atoms with Gasteiger partial charge in [-0.1, -0.05) is 48.5 Å². The Hall–Kier alpha value is -2.07. The van der Waals surface area contributed by atoms with Crippen molar-refractivity contribution in [2.75, 3.05) is 20.6 Å². The van der Waals surface area contributed by atoms with Crippen LogP contribution < -0.4 is 0 Å². The Morgan fingerprint density at radius 2 is 1.61 bits per heavy atom. The van der Waals surface area contributed by atoms with Crippen LogP contribution >= 0.6 is 0 Å².